The fraction of sp³-hybridized carbons (Fsp3) is 0.448. The number of fused-ring (bicyclic) bond motifs is 5. The number of amides is 1. The van der Waals surface area contributed by atoms with Crippen molar-refractivity contribution in [3.63, 3.8) is 0 Å². The highest BCUT2D eigenvalue weighted by molar-refractivity contribution is 7.98. The SMILES string of the molecule is COc1cc(N[C@@H](CCSC)C(=O)O)cc(OC)c1.O=C(O)NCC12C=CC(O1)C1CN(c3ccccc3)CC12. The first-order valence-electron chi connectivity index (χ1n) is 13.1. The van der Waals surface area contributed by atoms with Crippen LogP contribution in [-0.2, 0) is 9.53 Å². The first-order chi connectivity index (χ1) is 19.3. The molecule has 3 aliphatic heterocycles. The van der Waals surface area contributed by atoms with Gasteiger partial charge in [-0.25, -0.2) is 9.59 Å². The standard InChI is InChI=1S/C16H18N2O3.C13H19NO4S/c19-15(20)17-10-16-7-6-14(21-16)12-8-18(9-13(12)16)11-4-2-1-3-5-11;1-17-10-6-9(7-11(8-10)18-2)14-12(13(15)16)4-5-19-3/h1-7,12-14,17H,8-10H2,(H,19,20);6-8,12,14H,4-5H2,1-3H3,(H,15,16)/t;12-/m.0/s1. The number of ether oxygens (including phenoxy) is 3. The van der Waals surface area contributed by atoms with Crippen molar-refractivity contribution >= 4 is 35.2 Å². The predicted molar refractivity (Wildman–Crippen MR) is 156 cm³/mol. The van der Waals surface area contributed by atoms with E-state index in [9.17, 15) is 14.7 Å². The molecule has 5 rings (SSSR count). The van der Waals surface area contributed by atoms with Gasteiger partial charge in [0.2, 0.25) is 0 Å². The Labute approximate surface area is 238 Å². The molecule has 216 valence electrons. The molecule has 0 aliphatic carbocycles. The molecule has 11 heteroatoms. The van der Waals surface area contributed by atoms with Crippen LogP contribution in [0, 0.1) is 11.8 Å². The lowest BCUT2D eigenvalue weighted by molar-refractivity contribution is -0.137. The van der Waals surface area contributed by atoms with E-state index in [0.29, 0.717) is 42.0 Å². The molecule has 0 spiro atoms. The number of methoxy groups -OCH3 is 2. The summed E-state index contributed by atoms with van der Waals surface area (Å²) in [6.45, 7) is 2.22. The summed E-state index contributed by atoms with van der Waals surface area (Å²) < 4.78 is 16.4. The van der Waals surface area contributed by atoms with Gasteiger partial charge in [-0.05, 0) is 30.6 Å². The van der Waals surface area contributed by atoms with Crippen molar-refractivity contribution in [3.8, 4) is 11.5 Å². The van der Waals surface area contributed by atoms with Crippen molar-refractivity contribution in [2.75, 3.05) is 56.1 Å². The number of hydrogen-bond donors (Lipinski definition) is 4. The van der Waals surface area contributed by atoms with Crippen LogP contribution < -0.4 is 25.0 Å². The molecule has 2 saturated heterocycles. The van der Waals surface area contributed by atoms with Crippen LogP contribution in [0.2, 0.25) is 0 Å². The highest BCUT2D eigenvalue weighted by Gasteiger charge is 2.59. The molecule has 2 aromatic carbocycles. The van der Waals surface area contributed by atoms with Crippen LogP contribution in [0.1, 0.15) is 6.42 Å². The Balaban J connectivity index is 0.000000186. The summed E-state index contributed by atoms with van der Waals surface area (Å²) in [5.74, 6) is 1.96. The van der Waals surface area contributed by atoms with Crippen LogP contribution in [0.3, 0.4) is 0 Å². The lowest BCUT2D eigenvalue weighted by Gasteiger charge is -2.30. The zero-order valence-corrected chi connectivity index (χ0v) is 23.7. The second-order valence-corrected chi connectivity index (χ2v) is 11.0. The van der Waals surface area contributed by atoms with E-state index < -0.39 is 23.7 Å². The average Bonchev–Trinajstić information content (AvgIpc) is 3.67. The number of rotatable bonds is 11. The van der Waals surface area contributed by atoms with E-state index in [-0.39, 0.29) is 6.10 Å². The molecular weight excluding hydrogens is 534 g/mol. The molecular formula is C29H37N3O7S. The number of anilines is 2. The Morgan fingerprint density at radius 3 is 2.42 bits per heavy atom. The molecule has 0 radical (unpaired) electrons. The molecule has 40 heavy (non-hydrogen) atoms. The zero-order valence-electron chi connectivity index (χ0n) is 22.9. The lowest BCUT2D eigenvalue weighted by atomic mass is 9.77. The zero-order chi connectivity index (χ0) is 28.7. The molecule has 0 saturated carbocycles. The van der Waals surface area contributed by atoms with Crippen LogP contribution >= 0.6 is 11.8 Å². The summed E-state index contributed by atoms with van der Waals surface area (Å²) in [5.41, 5.74) is 1.44. The van der Waals surface area contributed by atoms with E-state index >= 15 is 0 Å². The first kappa shape index (κ1) is 29.4. The Bertz CT molecular complexity index is 1180. The molecule has 0 aromatic heterocycles. The van der Waals surface area contributed by atoms with Gasteiger partial charge in [-0.1, -0.05) is 30.4 Å². The summed E-state index contributed by atoms with van der Waals surface area (Å²) in [7, 11) is 3.11. The lowest BCUT2D eigenvalue weighted by Crippen LogP contribution is -2.46. The number of thioether (sulfide) groups is 1. The van der Waals surface area contributed by atoms with Gasteiger partial charge >= 0.3 is 12.1 Å². The van der Waals surface area contributed by atoms with E-state index in [4.69, 9.17) is 19.3 Å². The highest BCUT2D eigenvalue weighted by atomic mass is 32.2. The van der Waals surface area contributed by atoms with Gasteiger partial charge in [0, 0.05) is 54.5 Å². The second kappa shape index (κ2) is 13.2. The number of nitrogens with one attached hydrogen (secondary N) is 2. The van der Waals surface area contributed by atoms with E-state index in [0.717, 1.165) is 18.8 Å². The number of benzene rings is 2. The third-order valence-electron chi connectivity index (χ3n) is 7.58. The molecule has 4 unspecified atom stereocenters. The van der Waals surface area contributed by atoms with Crippen molar-refractivity contribution in [2.24, 2.45) is 11.8 Å². The number of hydrogen-bond acceptors (Lipinski definition) is 8. The van der Waals surface area contributed by atoms with Gasteiger partial charge < -0.3 is 40.0 Å². The largest absolute Gasteiger partial charge is 0.497 e. The maximum absolute atomic E-state index is 11.2. The maximum Gasteiger partial charge on any atom is 0.404 e. The monoisotopic (exact) mass is 571 g/mol. The van der Waals surface area contributed by atoms with Crippen LogP contribution in [0.5, 0.6) is 11.5 Å². The van der Waals surface area contributed by atoms with Crippen molar-refractivity contribution in [3.05, 3.63) is 60.7 Å². The first-order valence-corrected chi connectivity index (χ1v) is 14.5. The van der Waals surface area contributed by atoms with E-state index in [1.54, 1.807) is 44.2 Å². The third-order valence-corrected chi connectivity index (χ3v) is 8.22. The minimum Gasteiger partial charge on any atom is -0.497 e. The second-order valence-electron chi connectivity index (χ2n) is 9.98. The molecule has 4 N–H and O–H groups in total. The van der Waals surface area contributed by atoms with E-state index in [1.165, 1.54) is 5.69 Å². The Kier molecular flexibility index (Phi) is 9.70. The minimum absolute atomic E-state index is 0.124. The van der Waals surface area contributed by atoms with Crippen LogP contribution in [0.4, 0.5) is 16.2 Å². The molecule has 2 bridgehead atoms. The number of carboxylic acid groups (broad SMARTS) is 2. The van der Waals surface area contributed by atoms with E-state index in [2.05, 4.69) is 52.0 Å². The van der Waals surface area contributed by atoms with Gasteiger partial charge in [0.25, 0.3) is 0 Å². The summed E-state index contributed by atoms with van der Waals surface area (Å²) >= 11 is 1.62. The molecule has 5 atom stereocenters. The molecule has 3 heterocycles. The van der Waals surface area contributed by atoms with Crippen LogP contribution in [0.15, 0.2) is 60.7 Å². The number of para-hydroxylation sites is 1. The summed E-state index contributed by atoms with van der Waals surface area (Å²) in [6.07, 6.45) is 5.79. The fourth-order valence-electron chi connectivity index (χ4n) is 5.59. The quantitative estimate of drug-likeness (QED) is 0.293. The predicted octanol–water partition coefficient (Wildman–Crippen LogP) is 4.04. The maximum atomic E-state index is 11.2. The average molecular weight is 572 g/mol. The number of nitrogens with zero attached hydrogens (tertiary/aromatic N) is 1. The van der Waals surface area contributed by atoms with Gasteiger partial charge in [0.15, 0.2) is 0 Å². The molecule has 1 amide bonds. The van der Waals surface area contributed by atoms with Crippen molar-refractivity contribution in [2.45, 2.75) is 24.2 Å². The topological polar surface area (TPSA) is 130 Å². The van der Waals surface area contributed by atoms with E-state index in [1.807, 2.05) is 12.3 Å². The highest BCUT2D eigenvalue weighted by Crippen LogP contribution is 2.51. The smallest absolute Gasteiger partial charge is 0.404 e. The van der Waals surface area contributed by atoms with Gasteiger partial charge in [-0.15, -0.1) is 0 Å². The van der Waals surface area contributed by atoms with Crippen molar-refractivity contribution in [1.82, 2.24) is 5.32 Å². The van der Waals surface area contributed by atoms with Crippen LogP contribution in [-0.4, -0.2) is 85.9 Å². The van der Waals surface area contributed by atoms with Crippen LogP contribution in [0.25, 0.3) is 0 Å². The third kappa shape index (κ3) is 6.76. The summed E-state index contributed by atoms with van der Waals surface area (Å²) in [5, 5.41) is 23.5. The van der Waals surface area contributed by atoms with Crippen molar-refractivity contribution < 1.29 is 34.0 Å². The normalized spacial score (nSPS) is 24.5. The minimum atomic E-state index is -0.994. The fourth-order valence-corrected chi connectivity index (χ4v) is 6.06. The van der Waals surface area contributed by atoms with Gasteiger partial charge in [-0.3, -0.25) is 0 Å². The molecule has 10 nitrogen and oxygen atoms in total. The van der Waals surface area contributed by atoms with Gasteiger partial charge in [-0.2, -0.15) is 11.8 Å². The number of carboxylic acids is 1. The Morgan fingerprint density at radius 1 is 1.12 bits per heavy atom. The molecule has 2 fully saturated rings. The number of carbonyl (C=O) groups is 2. The summed E-state index contributed by atoms with van der Waals surface area (Å²) in [4.78, 5) is 24.4. The molecule has 3 aliphatic rings. The Hall–Kier alpha value is -3.57. The van der Waals surface area contributed by atoms with Crippen molar-refractivity contribution in [1.29, 1.82) is 0 Å². The van der Waals surface area contributed by atoms with Gasteiger partial charge in [0.05, 0.1) is 26.9 Å². The molecule has 2 aromatic rings. The number of aliphatic carboxylic acids is 1. The summed E-state index contributed by atoms with van der Waals surface area (Å²) in [6, 6.07) is 15.0. The Morgan fingerprint density at radius 2 is 1.82 bits per heavy atom. The van der Waals surface area contributed by atoms with Gasteiger partial charge in [0.1, 0.15) is 23.1 Å².